The molecule has 0 saturated carbocycles. The van der Waals surface area contributed by atoms with Gasteiger partial charge in [-0.05, 0) is 30.8 Å². The molecule has 128 valence electrons. The highest BCUT2D eigenvalue weighted by molar-refractivity contribution is 5.94. The largest absolute Gasteiger partial charge is 0.368 e. The zero-order chi connectivity index (χ0) is 14.9. The number of H-pyrrole nitrogens is 1. The molecule has 4 rings (SSSR count). The number of hydrogen-bond donors (Lipinski definition) is 1. The number of nitrogens with zero attached hydrogens (tertiary/aromatic N) is 4. The molecule has 0 amide bonds. The Morgan fingerprint density at radius 3 is 2.50 bits per heavy atom. The summed E-state index contributed by atoms with van der Waals surface area (Å²) in [5.74, 6) is 0. The normalized spacial score (nSPS) is 15.0. The fourth-order valence-corrected chi connectivity index (χ4v) is 3.04. The summed E-state index contributed by atoms with van der Waals surface area (Å²) >= 11 is 0. The van der Waals surface area contributed by atoms with Crippen LogP contribution in [0.3, 0.4) is 0 Å². The van der Waals surface area contributed by atoms with Crippen LogP contribution in [0.5, 0.6) is 0 Å². The predicted octanol–water partition coefficient (Wildman–Crippen LogP) is 3.22. The molecule has 1 aliphatic heterocycles. The molecule has 0 bridgehead atoms. The molecule has 0 unspecified atom stereocenters. The Bertz CT molecular complexity index is 783. The monoisotopic (exact) mass is 365 g/mol. The molecular formula is C17H21Cl2N5. The van der Waals surface area contributed by atoms with Crippen molar-refractivity contribution in [3.8, 4) is 11.1 Å². The lowest BCUT2D eigenvalue weighted by molar-refractivity contribution is 0.313. The fourth-order valence-electron chi connectivity index (χ4n) is 3.04. The second-order valence-electron chi connectivity index (χ2n) is 5.84. The van der Waals surface area contributed by atoms with Crippen LogP contribution in [0.4, 0.5) is 5.69 Å². The summed E-state index contributed by atoms with van der Waals surface area (Å²) in [4.78, 5) is 9.35. The number of likely N-dealkylation sites (N-methyl/N-ethyl adjacent to an activating group) is 1. The zero-order valence-electron chi connectivity index (χ0n) is 13.5. The summed E-state index contributed by atoms with van der Waals surface area (Å²) < 4.78 is 0. The third-order valence-electron chi connectivity index (χ3n) is 4.39. The van der Waals surface area contributed by atoms with Gasteiger partial charge in [-0.25, -0.2) is 0 Å². The van der Waals surface area contributed by atoms with Gasteiger partial charge in [-0.15, -0.1) is 24.8 Å². The molecule has 0 atom stereocenters. The molecule has 1 fully saturated rings. The van der Waals surface area contributed by atoms with Crippen LogP contribution < -0.4 is 4.90 Å². The van der Waals surface area contributed by atoms with Gasteiger partial charge in [0.1, 0.15) is 0 Å². The Hall–Kier alpha value is -1.82. The van der Waals surface area contributed by atoms with E-state index in [1.165, 1.54) is 16.6 Å². The molecule has 1 aromatic carbocycles. The van der Waals surface area contributed by atoms with Crippen molar-refractivity contribution in [3.05, 3.63) is 42.9 Å². The molecule has 7 heteroatoms. The summed E-state index contributed by atoms with van der Waals surface area (Å²) in [6, 6.07) is 8.55. The van der Waals surface area contributed by atoms with Gasteiger partial charge in [0.2, 0.25) is 0 Å². The number of nitrogens with one attached hydrogen (secondary N) is 1. The van der Waals surface area contributed by atoms with E-state index in [4.69, 9.17) is 0 Å². The summed E-state index contributed by atoms with van der Waals surface area (Å²) in [6.45, 7) is 4.33. The maximum Gasteiger partial charge on any atom is 0.0723 e. The van der Waals surface area contributed by atoms with Crippen LogP contribution in [-0.2, 0) is 0 Å². The van der Waals surface area contributed by atoms with Crippen molar-refractivity contribution >= 4 is 41.4 Å². The first kappa shape index (κ1) is 18.5. The number of anilines is 1. The number of aromatic amines is 1. The lowest BCUT2D eigenvalue weighted by Gasteiger charge is -2.34. The van der Waals surface area contributed by atoms with E-state index in [0.717, 1.165) is 37.3 Å². The van der Waals surface area contributed by atoms with Crippen LogP contribution in [0.1, 0.15) is 0 Å². The van der Waals surface area contributed by atoms with Gasteiger partial charge in [-0.2, -0.15) is 5.10 Å². The van der Waals surface area contributed by atoms with Gasteiger partial charge in [-0.3, -0.25) is 10.1 Å². The molecule has 2 aromatic heterocycles. The minimum Gasteiger partial charge on any atom is -0.368 e. The quantitative estimate of drug-likeness (QED) is 0.757. The van der Waals surface area contributed by atoms with Gasteiger partial charge >= 0.3 is 0 Å². The van der Waals surface area contributed by atoms with Crippen LogP contribution in [0.25, 0.3) is 22.0 Å². The van der Waals surface area contributed by atoms with E-state index in [9.17, 15) is 0 Å². The van der Waals surface area contributed by atoms with E-state index in [2.05, 4.69) is 56.3 Å². The molecule has 0 spiro atoms. The smallest absolute Gasteiger partial charge is 0.0723 e. The number of halogens is 2. The summed E-state index contributed by atoms with van der Waals surface area (Å²) in [5.41, 5.74) is 4.60. The van der Waals surface area contributed by atoms with E-state index in [0.29, 0.717) is 0 Å². The van der Waals surface area contributed by atoms with Crippen LogP contribution >= 0.6 is 24.8 Å². The minimum atomic E-state index is 0. The predicted molar refractivity (Wildman–Crippen MR) is 104 cm³/mol. The summed E-state index contributed by atoms with van der Waals surface area (Å²) in [6.07, 6.45) is 5.69. The summed E-state index contributed by atoms with van der Waals surface area (Å²) in [7, 11) is 2.18. The third-order valence-corrected chi connectivity index (χ3v) is 4.39. The van der Waals surface area contributed by atoms with E-state index < -0.39 is 0 Å². The molecule has 1 N–H and O–H groups in total. The van der Waals surface area contributed by atoms with Crippen molar-refractivity contribution in [2.75, 3.05) is 38.1 Å². The number of piperazine rings is 1. The number of hydrogen-bond acceptors (Lipinski definition) is 4. The molecular weight excluding hydrogens is 345 g/mol. The highest BCUT2D eigenvalue weighted by atomic mass is 35.5. The number of aromatic nitrogens is 3. The lowest BCUT2D eigenvalue weighted by atomic mass is 10.0. The Kier molecular flexibility index (Phi) is 6.04. The minimum absolute atomic E-state index is 0. The second kappa shape index (κ2) is 7.83. The van der Waals surface area contributed by atoms with Gasteiger partial charge in [0, 0.05) is 55.2 Å². The molecule has 3 aromatic rings. The van der Waals surface area contributed by atoms with E-state index in [-0.39, 0.29) is 24.8 Å². The van der Waals surface area contributed by atoms with E-state index >= 15 is 0 Å². The van der Waals surface area contributed by atoms with Crippen molar-refractivity contribution in [1.82, 2.24) is 20.1 Å². The number of fused-ring (bicyclic) bond motifs is 1. The van der Waals surface area contributed by atoms with Crippen LogP contribution in [0, 0.1) is 0 Å². The first-order valence-electron chi connectivity index (χ1n) is 7.63. The van der Waals surface area contributed by atoms with Crippen LogP contribution in [-0.4, -0.2) is 53.3 Å². The van der Waals surface area contributed by atoms with Crippen molar-refractivity contribution < 1.29 is 0 Å². The highest BCUT2D eigenvalue weighted by Gasteiger charge is 2.16. The zero-order valence-corrected chi connectivity index (χ0v) is 15.1. The molecule has 5 nitrogen and oxygen atoms in total. The maximum absolute atomic E-state index is 4.51. The Balaban J connectivity index is 0.00000104. The topological polar surface area (TPSA) is 48.1 Å². The average molecular weight is 366 g/mol. The van der Waals surface area contributed by atoms with E-state index in [1.54, 1.807) is 0 Å². The Labute approximate surface area is 153 Å². The molecule has 1 aliphatic rings. The van der Waals surface area contributed by atoms with Crippen molar-refractivity contribution in [2.24, 2.45) is 0 Å². The van der Waals surface area contributed by atoms with Crippen molar-refractivity contribution in [1.29, 1.82) is 0 Å². The third kappa shape index (κ3) is 3.48. The molecule has 0 radical (unpaired) electrons. The first-order chi connectivity index (χ1) is 10.8. The van der Waals surface area contributed by atoms with Crippen molar-refractivity contribution in [3.63, 3.8) is 0 Å². The summed E-state index contributed by atoms with van der Waals surface area (Å²) in [5, 5.41) is 8.13. The van der Waals surface area contributed by atoms with Crippen molar-refractivity contribution in [2.45, 2.75) is 0 Å². The molecule has 0 aliphatic carbocycles. The first-order valence-corrected chi connectivity index (χ1v) is 7.63. The Morgan fingerprint density at radius 1 is 1.00 bits per heavy atom. The van der Waals surface area contributed by atoms with Gasteiger partial charge < -0.3 is 9.80 Å². The van der Waals surface area contributed by atoms with Gasteiger partial charge in [0.15, 0.2) is 0 Å². The van der Waals surface area contributed by atoms with Gasteiger partial charge in [-0.1, -0.05) is 6.07 Å². The molecule has 3 heterocycles. The standard InChI is InChI=1S/C17H19N5.2ClH/c1-21-6-8-22(9-7-21)17-4-5-18-16-3-2-13(10-15(16)17)14-11-19-20-12-14;;/h2-5,10-12H,6-9H2,1H3,(H,19,20);2*1H. The highest BCUT2D eigenvalue weighted by Crippen LogP contribution is 2.30. The number of rotatable bonds is 2. The van der Waals surface area contributed by atoms with Crippen LogP contribution in [0.15, 0.2) is 42.9 Å². The van der Waals surface area contributed by atoms with Gasteiger partial charge in [0.05, 0.1) is 11.7 Å². The van der Waals surface area contributed by atoms with E-state index in [1.807, 2.05) is 18.6 Å². The lowest BCUT2D eigenvalue weighted by Crippen LogP contribution is -2.44. The average Bonchev–Trinajstić information content (AvgIpc) is 3.09. The molecule has 1 saturated heterocycles. The maximum atomic E-state index is 4.51. The molecule has 24 heavy (non-hydrogen) atoms. The fraction of sp³-hybridized carbons (Fsp3) is 0.294. The number of benzene rings is 1. The SMILES string of the molecule is CN1CCN(c2ccnc3ccc(-c4cn[nH]c4)cc23)CC1.Cl.Cl. The Morgan fingerprint density at radius 2 is 1.79 bits per heavy atom. The van der Waals surface area contributed by atoms with Crippen LogP contribution in [0.2, 0.25) is 0 Å². The van der Waals surface area contributed by atoms with Gasteiger partial charge in [0.25, 0.3) is 0 Å². The number of pyridine rings is 1. The second-order valence-corrected chi connectivity index (χ2v) is 5.84.